The third-order valence-corrected chi connectivity index (χ3v) is 3.09. The van der Waals surface area contributed by atoms with Crippen LogP contribution in [-0.2, 0) is 18.3 Å². The quantitative estimate of drug-likeness (QED) is 0.726. The first-order valence-corrected chi connectivity index (χ1v) is 5.17. The summed E-state index contributed by atoms with van der Waals surface area (Å²) < 4.78 is 1.91. The van der Waals surface area contributed by atoms with E-state index in [2.05, 4.69) is 4.98 Å². The highest BCUT2D eigenvalue weighted by atomic mass is 16.1. The summed E-state index contributed by atoms with van der Waals surface area (Å²) >= 11 is 0. The van der Waals surface area contributed by atoms with Gasteiger partial charge in [-0.2, -0.15) is 0 Å². The summed E-state index contributed by atoms with van der Waals surface area (Å²) in [7, 11) is 1.93. The van der Waals surface area contributed by atoms with E-state index in [0.29, 0.717) is 18.1 Å². The highest BCUT2D eigenvalue weighted by Gasteiger charge is 2.32. The molecule has 3 nitrogen and oxygen atoms in total. The number of hydrogen-bond acceptors (Lipinski definition) is 2. The van der Waals surface area contributed by atoms with Crippen LogP contribution in [0.3, 0.4) is 0 Å². The number of aromatic nitrogens is 2. The second kappa shape index (κ2) is 3.56. The minimum Gasteiger partial charge on any atom is -0.338 e. The van der Waals surface area contributed by atoms with Crippen LogP contribution in [0.4, 0.5) is 0 Å². The van der Waals surface area contributed by atoms with Crippen LogP contribution >= 0.6 is 0 Å². The van der Waals surface area contributed by atoms with Gasteiger partial charge in [0, 0.05) is 25.4 Å². The number of ketones is 1. The molecule has 0 bridgehead atoms. The zero-order chi connectivity index (χ0) is 10.1. The molecule has 0 N–H and O–H groups in total. The molecule has 1 aromatic heterocycles. The van der Waals surface area contributed by atoms with Crippen molar-refractivity contribution in [1.82, 2.24) is 9.55 Å². The van der Waals surface area contributed by atoms with Gasteiger partial charge in [0.25, 0.3) is 0 Å². The van der Waals surface area contributed by atoms with Crippen LogP contribution in [0.5, 0.6) is 0 Å². The minimum atomic E-state index is 0.228. The van der Waals surface area contributed by atoms with Crippen LogP contribution in [0.15, 0.2) is 12.4 Å². The first-order chi connectivity index (χ1) is 6.68. The fraction of sp³-hybridized carbons (Fsp3) is 0.636. The van der Waals surface area contributed by atoms with Crippen LogP contribution in [0.2, 0.25) is 0 Å². The van der Waals surface area contributed by atoms with Crippen molar-refractivity contribution in [3.05, 3.63) is 18.2 Å². The largest absolute Gasteiger partial charge is 0.338 e. The molecule has 0 aromatic carbocycles. The molecule has 1 unspecified atom stereocenters. The van der Waals surface area contributed by atoms with Crippen LogP contribution in [-0.4, -0.2) is 15.3 Å². The third kappa shape index (κ3) is 1.86. The van der Waals surface area contributed by atoms with E-state index in [9.17, 15) is 4.79 Å². The summed E-state index contributed by atoms with van der Waals surface area (Å²) in [5.41, 5.74) is 0. The Hall–Kier alpha value is -1.12. The van der Waals surface area contributed by atoms with Gasteiger partial charge in [-0.1, -0.05) is 6.92 Å². The van der Waals surface area contributed by atoms with Crippen molar-refractivity contribution in [3.8, 4) is 0 Å². The van der Waals surface area contributed by atoms with Gasteiger partial charge in [0.05, 0.1) is 6.42 Å². The molecule has 76 valence electrons. The highest BCUT2D eigenvalue weighted by molar-refractivity contribution is 5.82. The summed E-state index contributed by atoms with van der Waals surface area (Å²) in [5, 5.41) is 0. The zero-order valence-electron chi connectivity index (χ0n) is 8.73. The topological polar surface area (TPSA) is 34.9 Å². The lowest BCUT2D eigenvalue weighted by atomic mass is 9.98. The fourth-order valence-corrected chi connectivity index (χ4v) is 1.74. The van der Waals surface area contributed by atoms with E-state index in [4.69, 9.17) is 0 Å². The number of carbonyl (C=O) groups is 1. The van der Waals surface area contributed by atoms with E-state index in [-0.39, 0.29) is 5.92 Å². The molecule has 1 aromatic rings. The Kier molecular flexibility index (Phi) is 2.40. The Balaban J connectivity index is 1.97. The van der Waals surface area contributed by atoms with Crippen molar-refractivity contribution in [3.63, 3.8) is 0 Å². The maximum Gasteiger partial charge on any atom is 0.143 e. The minimum absolute atomic E-state index is 0.228. The Morgan fingerprint density at radius 3 is 2.93 bits per heavy atom. The van der Waals surface area contributed by atoms with E-state index in [1.807, 2.05) is 24.7 Å². The normalized spacial score (nSPS) is 18.1. The van der Waals surface area contributed by atoms with Gasteiger partial charge < -0.3 is 4.57 Å². The first kappa shape index (κ1) is 9.44. The van der Waals surface area contributed by atoms with Crippen LogP contribution in [0.1, 0.15) is 25.6 Å². The summed E-state index contributed by atoms with van der Waals surface area (Å²) in [6.07, 6.45) is 6.57. The van der Waals surface area contributed by atoms with E-state index in [1.54, 1.807) is 6.20 Å². The Morgan fingerprint density at radius 2 is 2.43 bits per heavy atom. The second-order valence-corrected chi connectivity index (χ2v) is 4.22. The summed E-state index contributed by atoms with van der Waals surface area (Å²) in [5.74, 6) is 2.10. The molecule has 1 heterocycles. The number of rotatable bonds is 4. The predicted octanol–water partition coefficient (Wildman–Crippen LogP) is 1.58. The summed E-state index contributed by atoms with van der Waals surface area (Å²) in [4.78, 5) is 16.0. The molecule has 3 heteroatoms. The molecule has 0 amide bonds. The average molecular weight is 192 g/mol. The lowest BCUT2D eigenvalue weighted by Gasteiger charge is -2.08. The van der Waals surface area contributed by atoms with Gasteiger partial charge in [0.1, 0.15) is 11.6 Å². The molecule has 1 aliphatic rings. The number of carbonyl (C=O) groups excluding carboxylic acids is 1. The first-order valence-electron chi connectivity index (χ1n) is 5.17. The van der Waals surface area contributed by atoms with Crippen molar-refractivity contribution >= 4 is 5.78 Å². The van der Waals surface area contributed by atoms with Crippen LogP contribution < -0.4 is 0 Å². The fourth-order valence-electron chi connectivity index (χ4n) is 1.74. The summed E-state index contributed by atoms with van der Waals surface area (Å²) in [6.45, 7) is 2.04. The van der Waals surface area contributed by atoms with E-state index in [0.717, 1.165) is 5.82 Å². The van der Waals surface area contributed by atoms with Crippen molar-refractivity contribution in [1.29, 1.82) is 0 Å². The lowest BCUT2D eigenvalue weighted by molar-refractivity contribution is -0.122. The molecule has 1 fully saturated rings. The van der Waals surface area contributed by atoms with Gasteiger partial charge in [-0.15, -0.1) is 0 Å². The maximum absolute atomic E-state index is 11.8. The van der Waals surface area contributed by atoms with Gasteiger partial charge in [0.2, 0.25) is 0 Å². The van der Waals surface area contributed by atoms with Crippen molar-refractivity contribution in [2.24, 2.45) is 18.9 Å². The van der Waals surface area contributed by atoms with Gasteiger partial charge in [0.15, 0.2) is 0 Å². The average Bonchev–Trinajstić information content (AvgIpc) is 2.92. The van der Waals surface area contributed by atoms with Gasteiger partial charge in [-0.3, -0.25) is 4.79 Å². The van der Waals surface area contributed by atoms with Crippen molar-refractivity contribution < 1.29 is 4.79 Å². The molecule has 1 aliphatic carbocycles. The Labute approximate surface area is 84.1 Å². The molecule has 0 spiro atoms. The predicted molar refractivity (Wildman–Crippen MR) is 53.8 cm³/mol. The van der Waals surface area contributed by atoms with E-state index in [1.165, 1.54) is 12.8 Å². The maximum atomic E-state index is 11.8. The molecule has 0 aliphatic heterocycles. The van der Waals surface area contributed by atoms with Gasteiger partial charge >= 0.3 is 0 Å². The van der Waals surface area contributed by atoms with Crippen molar-refractivity contribution in [2.45, 2.75) is 26.2 Å². The smallest absolute Gasteiger partial charge is 0.143 e. The number of hydrogen-bond donors (Lipinski definition) is 0. The zero-order valence-corrected chi connectivity index (χ0v) is 8.73. The summed E-state index contributed by atoms with van der Waals surface area (Å²) in [6, 6.07) is 0. The standard InChI is InChI=1S/C11H16N2O/c1-8(9-3-4-9)10(14)7-11-12-5-6-13(11)2/h5-6,8-9H,3-4,7H2,1-2H3. The molecule has 1 saturated carbocycles. The van der Waals surface area contributed by atoms with Crippen LogP contribution in [0, 0.1) is 11.8 Å². The molecule has 0 radical (unpaired) electrons. The number of Topliss-reactive ketones (excluding diaryl/α,β-unsaturated/α-hetero) is 1. The molecular formula is C11H16N2O. The van der Waals surface area contributed by atoms with E-state index < -0.39 is 0 Å². The number of imidazole rings is 1. The Morgan fingerprint density at radius 1 is 1.71 bits per heavy atom. The molecule has 14 heavy (non-hydrogen) atoms. The van der Waals surface area contributed by atoms with Crippen LogP contribution in [0.25, 0.3) is 0 Å². The molecule has 2 rings (SSSR count). The lowest BCUT2D eigenvalue weighted by Crippen LogP contribution is -2.17. The molecule has 1 atom stereocenters. The third-order valence-electron chi connectivity index (χ3n) is 3.09. The molecule has 0 saturated heterocycles. The number of nitrogens with zero attached hydrogens (tertiary/aromatic N) is 2. The monoisotopic (exact) mass is 192 g/mol. The highest BCUT2D eigenvalue weighted by Crippen LogP contribution is 2.37. The molecular weight excluding hydrogens is 176 g/mol. The Bertz CT molecular complexity index is 339. The van der Waals surface area contributed by atoms with Gasteiger partial charge in [-0.25, -0.2) is 4.98 Å². The SMILES string of the molecule is CC(C(=O)Cc1nccn1C)C1CC1. The second-order valence-electron chi connectivity index (χ2n) is 4.22. The van der Waals surface area contributed by atoms with Gasteiger partial charge in [-0.05, 0) is 18.8 Å². The number of aryl methyl sites for hydroxylation is 1. The van der Waals surface area contributed by atoms with E-state index >= 15 is 0 Å². The van der Waals surface area contributed by atoms with Crippen molar-refractivity contribution in [2.75, 3.05) is 0 Å².